The summed E-state index contributed by atoms with van der Waals surface area (Å²) in [7, 11) is -4.19. The average Bonchev–Trinajstić information content (AvgIpc) is 2.78. The molecule has 0 saturated heterocycles. The standard InChI is InChI=1S/C12H13ClF3N2O3P/c1-3-20-22(19,21-4-2)11-10(12(14,15)16)18-7-8(13)5-6-9(18)17-11/h5-7H,3-4H2,1-2H3. The predicted molar refractivity (Wildman–Crippen MR) is 75.7 cm³/mol. The van der Waals surface area contributed by atoms with Gasteiger partial charge in [0, 0.05) is 6.20 Å². The van der Waals surface area contributed by atoms with Crippen LogP contribution in [0.15, 0.2) is 18.3 Å². The van der Waals surface area contributed by atoms with Crippen LogP contribution in [0.2, 0.25) is 5.02 Å². The summed E-state index contributed by atoms with van der Waals surface area (Å²) in [5.41, 5.74) is -2.02. The molecule has 0 radical (unpaired) electrons. The molecule has 10 heteroatoms. The normalized spacial score (nSPS) is 13.0. The summed E-state index contributed by atoms with van der Waals surface area (Å²) in [4.78, 5) is 3.80. The van der Waals surface area contributed by atoms with E-state index in [-0.39, 0.29) is 23.9 Å². The van der Waals surface area contributed by atoms with E-state index in [1.165, 1.54) is 26.0 Å². The van der Waals surface area contributed by atoms with Gasteiger partial charge in [-0.3, -0.25) is 8.97 Å². The lowest BCUT2D eigenvalue weighted by Crippen LogP contribution is -2.23. The van der Waals surface area contributed by atoms with E-state index in [4.69, 9.17) is 20.6 Å². The third-order valence-corrected chi connectivity index (χ3v) is 4.94. The maximum absolute atomic E-state index is 13.4. The van der Waals surface area contributed by atoms with Crippen molar-refractivity contribution in [3.63, 3.8) is 0 Å². The summed E-state index contributed by atoms with van der Waals surface area (Å²) < 4.78 is 63.6. The fourth-order valence-electron chi connectivity index (χ4n) is 1.96. The first-order valence-electron chi connectivity index (χ1n) is 6.37. The van der Waals surface area contributed by atoms with Gasteiger partial charge in [-0.1, -0.05) is 11.6 Å². The highest BCUT2D eigenvalue weighted by molar-refractivity contribution is 7.62. The smallest absolute Gasteiger partial charge is 0.304 e. The summed E-state index contributed by atoms with van der Waals surface area (Å²) >= 11 is 5.74. The number of halogens is 4. The van der Waals surface area contributed by atoms with Crippen molar-refractivity contribution in [1.29, 1.82) is 0 Å². The van der Waals surface area contributed by atoms with E-state index >= 15 is 0 Å². The van der Waals surface area contributed by atoms with Crippen molar-refractivity contribution in [1.82, 2.24) is 9.38 Å². The number of nitrogens with zero attached hydrogens (tertiary/aromatic N) is 2. The number of hydrogen-bond donors (Lipinski definition) is 0. The van der Waals surface area contributed by atoms with Gasteiger partial charge in [0.05, 0.1) is 18.2 Å². The van der Waals surface area contributed by atoms with E-state index in [9.17, 15) is 17.7 Å². The van der Waals surface area contributed by atoms with Gasteiger partial charge in [0.25, 0.3) is 0 Å². The SMILES string of the molecule is CCOP(=O)(OCC)c1nc2ccc(Cl)cn2c1C(F)(F)F. The first-order valence-corrected chi connectivity index (χ1v) is 8.29. The minimum atomic E-state index is -4.80. The second-order valence-corrected chi connectivity index (χ2v) is 6.56. The molecule has 122 valence electrons. The van der Waals surface area contributed by atoms with Crippen LogP contribution in [-0.2, 0) is 19.8 Å². The van der Waals surface area contributed by atoms with Crippen LogP contribution in [0, 0.1) is 0 Å². The molecule has 2 aromatic rings. The van der Waals surface area contributed by atoms with Crippen molar-refractivity contribution in [2.75, 3.05) is 13.2 Å². The number of alkyl halides is 3. The minimum absolute atomic E-state index is 0.0497. The van der Waals surface area contributed by atoms with Crippen LogP contribution in [0.4, 0.5) is 13.2 Å². The van der Waals surface area contributed by atoms with Crippen molar-refractivity contribution < 1.29 is 26.8 Å². The Balaban J connectivity index is 2.79. The number of rotatable bonds is 5. The molecule has 0 N–H and O–H groups in total. The van der Waals surface area contributed by atoms with E-state index in [1.54, 1.807) is 0 Å². The Morgan fingerprint density at radius 3 is 2.36 bits per heavy atom. The van der Waals surface area contributed by atoms with E-state index in [0.717, 1.165) is 10.6 Å². The molecule has 22 heavy (non-hydrogen) atoms. The van der Waals surface area contributed by atoms with Crippen molar-refractivity contribution >= 4 is 30.3 Å². The molecule has 5 nitrogen and oxygen atoms in total. The highest BCUT2D eigenvalue weighted by Crippen LogP contribution is 2.49. The van der Waals surface area contributed by atoms with Crippen LogP contribution >= 0.6 is 19.2 Å². The van der Waals surface area contributed by atoms with Crippen molar-refractivity contribution in [3.8, 4) is 0 Å². The van der Waals surface area contributed by atoms with Crippen molar-refractivity contribution in [2.45, 2.75) is 20.0 Å². The molecule has 0 aliphatic carbocycles. The Hall–Kier alpha value is -1.08. The predicted octanol–water partition coefficient (Wildman–Crippen LogP) is 3.90. The molecular weight excluding hydrogens is 344 g/mol. The van der Waals surface area contributed by atoms with Crippen LogP contribution in [-0.4, -0.2) is 22.6 Å². The van der Waals surface area contributed by atoms with Gasteiger partial charge in [-0.2, -0.15) is 13.2 Å². The van der Waals surface area contributed by atoms with Crippen LogP contribution in [0.1, 0.15) is 19.5 Å². The number of fused-ring (bicyclic) bond motifs is 1. The third kappa shape index (κ3) is 3.15. The van der Waals surface area contributed by atoms with E-state index in [0.29, 0.717) is 0 Å². The quantitative estimate of drug-likeness (QED) is 0.762. The molecular formula is C12H13ClF3N2O3P. The van der Waals surface area contributed by atoms with E-state index < -0.39 is 24.9 Å². The topological polar surface area (TPSA) is 52.8 Å². The molecule has 2 heterocycles. The zero-order chi connectivity index (χ0) is 16.5. The largest absolute Gasteiger partial charge is 0.434 e. The van der Waals surface area contributed by atoms with E-state index in [1.807, 2.05) is 0 Å². The van der Waals surface area contributed by atoms with Gasteiger partial charge < -0.3 is 9.05 Å². The van der Waals surface area contributed by atoms with Crippen LogP contribution in [0.3, 0.4) is 0 Å². The zero-order valence-corrected chi connectivity index (χ0v) is 13.4. The van der Waals surface area contributed by atoms with Crippen LogP contribution in [0.25, 0.3) is 5.65 Å². The van der Waals surface area contributed by atoms with E-state index in [2.05, 4.69) is 4.98 Å². The Kier molecular flexibility index (Phi) is 4.87. The number of aromatic nitrogens is 2. The van der Waals surface area contributed by atoms with Crippen molar-refractivity contribution in [3.05, 3.63) is 29.0 Å². The lowest BCUT2D eigenvalue weighted by molar-refractivity contribution is -0.141. The molecule has 2 rings (SSSR count). The number of pyridine rings is 1. The molecule has 0 aliphatic heterocycles. The Morgan fingerprint density at radius 2 is 1.86 bits per heavy atom. The fraction of sp³-hybridized carbons (Fsp3) is 0.417. The molecule has 0 spiro atoms. The average molecular weight is 357 g/mol. The molecule has 0 aromatic carbocycles. The van der Waals surface area contributed by atoms with Gasteiger partial charge in [-0.15, -0.1) is 0 Å². The first-order chi connectivity index (χ1) is 10.2. The minimum Gasteiger partial charge on any atom is -0.304 e. The number of imidazole rings is 1. The Bertz CT molecular complexity index is 722. The molecule has 0 aliphatic rings. The van der Waals surface area contributed by atoms with Gasteiger partial charge in [-0.05, 0) is 26.0 Å². The summed E-state index contributed by atoms with van der Waals surface area (Å²) in [6.07, 6.45) is -3.75. The lowest BCUT2D eigenvalue weighted by Gasteiger charge is -2.17. The monoisotopic (exact) mass is 356 g/mol. The van der Waals surface area contributed by atoms with Gasteiger partial charge in [-0.25, -0.2) is 4.98 Å². The highest BCUT2D eigenvalue weighted by atomic mass is 35.5. The lowest BCUT2D eigenvalue weighted by atomic mass is 10.4. The molecule has 0 unspecified atom stereocenters. The maximum Gasteiger partial charge on any atom is 0.434 e. The summed E-state index contributed by atoms with van der Waals surface area (Å²) in [6, 6.07) is 2.68. The molecule has 0 amide bonds. The molecule has 0 fully saturated rings. The van der Waals surface area contributed by atoms with Gasteiger partial charge in [0.1, 0.15) is 5.65 Å². The first kappa shape index (κ1) is 17.3. The second-order valence-electron chi connectivity index (χ2n) is 4.19. The fourth-order valence-corrected chi connectivity index (χ4v) is 3.84. The third-order valence-electron chi connectivity index (χ3n) is 2.69. The van der Waals surface area contributed by atoms with Gasteiger partial charge in [0.2, 0.25) is 0 Å². The zero-order valence-electron chi connectivity index (χ0n) is 11.7. The molecule has 0 bridgehead atoms. The Labute approximate surface area is 129 Å². The molecule has 2 aromatic heterocycles. The van der Waals surface area contributed by atoms with Crippen molar-refractivity contribution in [2.24, 2.45) is 0 Å². The Morgan fingerprint density at radius 1 is 1.27 bits per heavy atom. The maximum atomic E-state index is 13.4. The summed E-state index contributed by atoms with van der Waals surface area (Å²) in [6.45, 7) is 2.85. The molecule has 0 atom stereocenters. The van der Waals surface area contributed by atoms with Gasteiger partial charge >= 0.3 is 13.8 Å². The summed E-state index contributed by atoms with van der Waals surface area (Å²) in [5.74, 6) is 0. The van der Waals surface area contributed by atoms with Crippen LogP contribution < -0.4 is 5.44 Å². The highest BCUT2D eigenvalue weighted by Gasteiger charge is 2.45. The summed E-state index contributed by atoms with van der Waals surface area (Å²) in [5, 5.41) is 0.0876. The molecule has 0 saturated carbocycles. The number of hydrogen-bond acceptors (Lipinski definition) is 4. The van der Waals surface area contributed by atoms with Gasteiger partial charge in [0.15, 0.2) is 11.1 Å². The van der Waals surface area contributed by atoms with Crippen LogP contribution in [0.5, 0.6) is 0 Å². The second kappa shape index (κ2) is 6.20.